The highest BCUT2D eigenvalue weighted by molar-refractivity contribution is 6.32. The fraction of sp³-hybridized carbons (Fsp3) is 0.222. The number of hydrogen-bond acceptors (Lipinski definition) is 5. The average Bonchev–Trinajstić information content (AvgIpc) is 3.54. The van der Waals surface area contributed by atoms with Gasteiger partial charge in [0.1, 0.15) is 0 Å². The van der Waals surface area contributed by atoms with Crippen molar-refractivity contribution in [3.63, 3.8) is 0 Å². The van der Waals surface area contributed by atoms with E-state index in [1.807, 2.05) is 65.4 Å². The molecule has 8 nitrogen and oxygen atoms in total. The Morgan fingerprint density at radius 2 is 1.86 bits per heavy atom. The number of tetrazole rings is 1. The first-order valence-electron chi connectivity index (χ1n) is 12.0. The van der Waals surface area contributed by atoms with Gasteiger partial charge in [-0.05, 0) is 47.4 Å². The Morgan fingerprint density at radius 1 is 1.03 bits per heavy atom. The second-order valence-electron chi connectivity index (χ2n) is 8.54. The molecule has 0 radical (unpaired) electrons. The second-order valence-corrected chi connectivity index (χ2v) is 8.95. The molecule has 0 bridgehead atoms. The molecule has 36 heavy (non-hydrogen) atoms. The van der Waals surface area contributed by atoms with Crippen LogP contribution in [0.4, 0.5) is 0 Å². The first-order valence-corrected chi connectivity index (χ1v) is 12.4. The van der Waals surface area contributed by atoms with Gasteiger partial charge in [0, 0.05) is 29.2 Å². The molecular weight excluding hydrogens is 474 g/mol. The number of aryl methyl sites for hydroxylation is 2. The molecule has 0 atom stereocenters. The summed E-state index contributed by atoms with van der Waals surface area (Å²) >= 11 is 6.55. The smallest absolute Gasteiger partial charge is 0.292 e. The van der Waals surface area contributed by atoms with Crippen LogP contribution in [0.2, 0.25) is 5.02 Å². The standard InChI is InChI=1S/C27H26ClN7O/c1-3-7-21-17-35(25-19(4-2)8-5-10-23(25)28)27(36)34(21)16-18-11-13-20(14-12-18)24-22(9-6-15-29-24)26-30-32-33-31-26/h5-6,8-15,17H,3-4,7,16H2,1-2H3,(H,30,31,32,33). The fourth-order valence-electron chi connectivity index (χ4n) is 4.47. The largest absolute Gasteiger partial charge is 0.333 e. The molecule has 182 valence electrons. The zero-order valence-electron chi connectivity index (χ0n) is 20.1. The Balaban J connectivity index is 1.50. The Hall–Kier alpha value is -4.04. The lowest BCUT2D eigenvalue weighted by molar-refractivity contribution is 0.691. The van der Waals surface area contributed by atoms with Gasteiger partial charge in [-0.3, -0.25) is 14.1 Å². The normalized spacial score (nSPS) is 11.2. The van der Waals surface area contributed by atoms with E-state index in [1.165, 1.54) is 0 Å². The third kappa shape index (κ3) is 4.47. The fourth-order valence-corrected chi connectivity index (χ4v) is 4.75. The molecule has 9 heteroatoms. The molecule has 0 unspecified atom stereocenters. The summed E-state index contributed by atoms with van der Waals surface area (Å²) in [4.78, 5) is 18.1. The van der Waals surface area contributed by atoms with E-state index >= 15 is 0 Å². The van der Waals surface area contributed by atoms with Crippen LogP contribution in [-0.2, 0) is 19.4 Å². The van der Waals surface area contributed by atoms with Crippen LogP contribution >= 0.6 is 11.6 Å². The lowest BCUT2D eigenvalue weighted by Crippen LogP contribution is -2.25. The molecule has 5 rings (SSSR count). The van der Waals surface area contributed by atoms with E-state index in [0.29, 0.717) is 17.4 Å². The van der Waals surface area contributed by atoms with Gasteiger partial charge in [0.05, 0.1) is 22.9 Å². The number of aromatic nitrogens is 7. The molecule has 0 aliphatic carbocycles. The van der Waals surface area contributed by atoms with E-state index < -0.39 is 0 Å². The van der Waals surface area contributed by atoms with Crippen LogP contribution in [0.5, 0.6) is 0 Å². The van der Waals surface area contributed by atoms with Crippen molar-refractivity contribution in [2.45, 2.75) is 39.7 Å². The first-order chi connectivity index (χ1) is 17.6. The molecule has 1 N–H and O–H groups in total. The van der Waals surface area contributed by atoms with Crippen molar-refractivity contribution in [2.24, 2.45) is 0 Å². The van der Waals surface area contributed by atoms with Crippen LogP contribution in [0.25, 0.3) is 28.3 Å². The van der Waals surface area contributed by atoms with Crippen LogP contribution in [0.1, 0.15) is 37.1 Å². The zero-order chi connectivity index (χ0) is 25.1. The minimum absolute atomic E-state index is 0.0885. The predicted octanol–water partition coefficient (Wildman–Crippen LogP) is 5.10. The molecule has 0 aliphatic heterocycles. The maximum Gasteiger partial charge on any atom is 0.333 e. The summed E-state index contributed by atoms with van der Waals surface area (Å²) in [5.41, 5.74) is 6.22. The van der Waals surface area contributed by atoms with E-state index in [1.54, 1.807) is 10.8 Å². The van der Waals surface area contributed by atoms with Crippen molar-refractivity contribution in [1.82, 2.24) is 34.7 Å². The number of hydrogen-bond donors (Lipinski definition) is 1. The number of aromatic amines is 1. The number of halogens is 1. The maximum absolute atomic E-state index is 13.6. The number of para-hydroxylation sites is 1. The quantitative estimate of drug-likeness (QED) is 0.320. The van der Waals surface area contributed by atoms with Gasteiger partial charge in [0.2, 0.25) is 5.82 Å². The summed E-state index contributed by atoms with van der Waals surface area (Å²) in [6, 6.07) is 17.6. The summed E-state index contributed by atoms with van der Waals surface area (Å²) in [7, 11) is 0. The van der Waals surface area contributed by atoms with Gasteiger partial charge < -0.3 is 0 Å². The maximum atomic E-state index is 13.6. The lowest BCUT2D eigenvalue weighted by atomic mass is 10.0. The topological polar surface area (TPSA) is 94.3 Å². The van der Waals surface area contributed by atoms with Crippen molar-refractivity contribution in [1.29, 1.82) is 0 Å². The van der Waals surface area contributed by atoms with Gasteiger partial charge in [-0.25, -0.2) is 4.79 Å². The summed E-state index contributed by atoms with van der Waals surface area (Å²) in [5, 5.41) is 14.9. The Bertz CT molecular complexity index is 1540. The predicted molar refractivity (Wildman–Crippen MR) is 140 cm³/mol. The van der Waals surface area contributed by atoms with Crippen molar-refractivity contribution in [3.8, 4) is 28.3 Å². The van der Waals surface area contributed by atoms with E-state index in [0.717, 1.165) is 58.6 Å². The van der Waals surface area contributed by atoms with Crippen LogP contribution < -0.4 is 5.69 Å². The van der Waals surface area contributed by atoms with E-state index in [9.17, 15) is 4.79 Å². The third-order valence-corrected chi connectivity index (χ3v) is 6.53. The Labute approximate surface area is 213 Å². The van der Waals surface area contributed by atoms with Gasteiger partial charge in [0.25, 0.3) is 0 Å². The third-order valence-electron chi connectivity index (χ3n) is 6.22. The van der Waals surface area contributed by atoms with Crippen molar-refractivity contribution < 1.29 is 0 Å². The molecule has 2 aromatic carbocycles. The highest BCUT2D eigenvalue weighted by atomic mass is 35.5. The minimum atomic E-state index is -0.0885. The van der Waals surface area contributed by atoms with Crippen LogP contribution in [0.3, 0.4) is 0 Å². The van der Waals surface area contributed by atoms with Gasteiger partial charge in [-0.15, -0.1) is 10.2 Å². The highest BCUT2D eigenvalue weighted by Gasteiger charge is 2.17. The number of benzene rings is 2. The van der Waals surface area contributed by atoms with Gasteiger partial charge in [-0.1, -0.05) is 68.3 Å². The van der Waals surface area contributed by atoms with Crippen molar-refractivity contribution >= 4 is 11.6 Å². The molecule has 3 aromatic heterocycles. The summed E-state index contributed by atoms with van der Waals surface area (Å²) < 4.78 is 3.54. The van der Waals surface area contributed by atoms with Gasteiger partial charge in [-0.2, -0.15) is 5.21 Å². The summed E-state index contributed by atoms with van der Waals surface area (Å²) in [5.74, 6) is 0.491. The lowest BCUT2D eigenvalue weighted by Gasteiger charge is -2.10. The number of rotatable bonds is 8. The summed E-state index contributed by atoms with van der Waals surface area (Å²) in [6.45, 7) is 4.65. The summed E-state index contributed by atoms with van der Waals surface area (Å²) in [6.07, 6.45) is 6.20. The zero-order valence-corrected chi connectivity index (χ0v) is 20.9. The average molecular weight is 500 g/mol. The second kappa shape index (κ2) is 10.3. The SMILES string of the molecule is CCCc1cn(-c2c(Cl)cccc2CC)c(=O)n1Cc1ccc(-c2ncccc2-c2nn[nH]n2)cc1. The molecule has 3 heterocycles. The molecule has 0 amide bonds. The number of nitrogens with zero attached hydrogens (tertiary/aromatic N) is 6. The number of imidazole rings is 1. The monoisotopic (exact) mass is 499 g/mol. The minimum Gasteiger partial charge on any atom is -0.292 e. The van der Waals surface area contributed by atoms with Crippen molar-refractivity contribution in [2.75, 3.05) is 0 Å². The molecule has 0 spiro atoms. The first kappa shape index (κ1) is 23.7. The molecular formula is C27H26ClN7O. The van der Waals surface area contributed by atoms with Crippen molar-refractivity contribution in [3.05, 3.63) is 99.3 Å². The molecule has 0 fully saturated rings. The number of H-pyrrole nitrogens is 1. The number of nitrogens with one attached hydrogen (secondary N) is 1. The molecule has 5 aromatic rings. The number of pyridine rings is 1. The van der Waals surface area contributed by atoms with Crippen LogP contribution in [0, 0.1) is 0 Å². The van der Waals surface area contributed by atoms with E-state index in [4.69, 9.17) is 11.6 Å². The van der Waals surface area contributed by atoms with E-state index in [-0.39, 0.29) is 5.69 Å². The van der Waals surface area contributed by atoms with Gasteiger partial charge >= 0.3 is 5.69 Å². The highest BCUT2D eigenvalue weighted by Crippen LogP contribution is 2.28. The van der Waals surface area contributed by atoms with Crippen LogP contribution in [0.15, 0.2) is 71.8 Å². The molecule has 0 saturated heterocycles. The Kier molecular flexibility index (Phi) is 6.77. The molecule has 0 saturated carbocycles. The molecule has 0 aliphatic rings. The Morgan fingerprint density at radius 3 is 2.58 bits per heavy atom. The van der Waals surface area contributed by atoms with Crippen LogP contribution in [-0.4, -0.2) is 34.7 Å². The van der Waals surface area contributed by atoms with Gasteiger partial charge in [0.15, 0.2) is 0 Å². The van der Waals surface area contributed by atoms with E-state index in [2.05, 4.69) is 39.5 Å².